The lowest BCUT2D eigenvalue weighted by molar-refractivity contribution is -0.384. The number of benzene rings is 1. The van der Waals surface area contributed by atoms with Crippen LogP contribution >= 0.6 is 0 Å². The van der Waals surface area contributed by atoms with Gasteiger partial charge in [-0.2, -0.15) is 5.26 Å². The van der Waals surface area contributed by atoms with E-state index < -0.39 is 4.92 Å². The number of nitrogens with one attached hydrogen (secondary N) is 1. The zero-order chi connectivity index (χ0) is 14.5. The molecule has 0 radical (unpaired) electrons. The molecule has 6 nitrogen and oxygen atoms in total. The topological polar surface area (TPSA) is 99.2 Å². The van der Waals surface area contributed by atoms with Crippen molar-refractivity contribution >= 4 is 11.4 Å². The molecule has 1 aromatic carbocycles. The van der Waals surface area contributed by atoms with E-state index in [1.165, 1.54) is 6.07 Å². The van der Waals surface area contributed by atoms with Crippen LogP contribution in [0, 0.1) is 27.4 Å². The van der Waals surface area contributed by atoms with Crippen molar-refractivity contribution in [3.63, 3.8) is 0 Å². The van der Waals surface area contributed by atoms with Crippen molar-refractivity contribution in [2.24, 2.45) is 5.92 Å². The predicted octanol–water partition coefficient (Wildman–Crippen LogP) is 2.43. The zero-order valence-electron chi connectivity index (χ0n) is 11.1. The zero-order valence-corrected chi connectivity index (χ0v) is 11.1. The third kappa shape index (κ3) is 3.25. The number of nitriles is 1. The van der Waals surface area contributed by atoms with Gasteiger partial charge in [-0.1, -0.05) is 12.5 Å². The van der Waals surface area contributed by atoms with E-state index in [0.29, 0.717) is 18.2 Å². The summed E-state index contributed by atoms with van der Waals surface area (Å²) < 4.78 is 0. The Morgan fingerprint density at radius 3 is 2.95 bits per heavy atom. The van der Waals surface area contributed by atoms with Crippen molar-refractivity contribution in [3.05, 3.63) is 33.9 Å². The maximum absolute atomic E-state index is 11.1. The number of aliphatic hydroxyl groups is 1. The minimum Gasteiger partial charge on any atom is -0.393 e. The molecule has 1 aliphatic rings. The SMILES string of the molecule is N#Cc1cccc(NCC2CCCC(O)C2)c1[N+](=O)[O-]. The minimum absolute atomic E-state index is 0.0590. The molecule has 6 heteroatoms. The molecular formula is C14H17N3O3. The summed E-state index contributed by atoms with van der Waals surface area (Å²) in [6, 6.07) is 6.52. The van der Waals surface area contributed by atoms with E-state index in [1.807, 2.05) is 6.07 Å². The minimum atomic E-state index is -0.531. The Morgan fingerprint density at radius 2 is 2.30 bits per heavy atom. The molecule has 2 rings (SSSR count). The molecule has 0 aliphatic heterocycles. The number of rotatable bonds is 4. The first-order valence-electron chi connectivity index (χ1n) is 6.71. The number of aliphatic hydroxyl groups excluding tert-OH is 1. The fourth-order valence-corrected chi connectivity index (χ4v) is 2.68. The number of nitrogens with zero attached hydrogens (tertiary/aromatic N) is 2. The van der Waals surface area contributed by atoms with Crippen molar-refractivity contribution in [2.45, 2.75) is 31.8 Å². The van der Waals surface area contributed by atoms with Crippen molar-refractivity contribution in [1.82, 2.24) is 0 Å². The van der Waals surface area contributed by atoms with E-state index in [2.05, 4.69) is 5.32 Å². The summed E-state index contributed by atoms with van der Waals surface area (Å²) in [6.07, 6.45) is 3.28. The number of nitro benzene ring substituents is 1. The Balaban J connectivity index is 2.09. The summed E-state index contributed by atoms with van der Waals surface area (Å²) in [5, 5.41) is 32.7. The molecule has 1 fully saturated rings. The molecule has 2 N–H and O–H groups in total. The molecule has 0 spiro atoms. The second-order valence-electron chi connectivity index (χ2n) is 5.14. The van der Waals surface area contributed by atoms with Gasteiger partial charge in [0.1, 0.15) is 17.3 Å². The van der Waals surface area contributed by atoms with Crippen molar-refractivity contribution in [1.29, 1.82) is 5.26 Å². The van der Waals surface area contributed by atoms with Gasteiger partial charge in [0.05, 0.1) is 11.0 Å². The molecule has 2 atom stereocenters. The van der Waals surface area contributed by atoms with Crippen LogP contribution < -0.4 is 5.32 Å². The highest BCUT2D eigenvalue weighted by Gasteiger charge is 2.23. The lowest BCUT2D eigenvalue weighted by atomic mass is 9.87. The van der Waals surface area contributed by atoms with E-state index >= 15 is 0 Å². The summed E-state index contributed by atoms with van der Waals surface area (Å²) in [5.41, 5.74) is 0.254. The van der Waals surface area contributed by atoms with E-state index in [9.17, 15) is 15.2 Å². The number of nitro groups is 1. The van der Waals surface area contributed by atoms with Gasteiger partial charge in [-0.05, 0) is 37.3 Å². The van der Waals surface area contributed by atoms with Gasteiger partial charge in [-0.15, -0.1) is 0 Å². The van der Waals surface area contributed by atoms with Crippen LogP contribution in [0.25, 0.3) is 0 Å². The molecule has 0 bridgehead atoms. The number of hydrogen-bond acceptors (Lipinski definition) is 5. The first-order valence-corrected chi connectivity index (χ1v) is 6.71. The summed E-state index contributed by atoms with van der Waals surface area (Å²) in [7, 11) is 0. The average Bonchev–Trinajstić information content (AvgIpc) is 2.44. The Labute approximate surface area is 117 Å². The maximum atomic E-state index is 11.1. The van der Waals surface area contributed by atoms with Crippen LogP contribution in [0.15, 0.2) is 18.2 Å². The maximum Gasteiger partial charge on any atom is 0.309 e. The van der Waals surface area contributed by atoms with Crippen LogP contribution in [0.2, 0.25) is 0 Å². The van der Waals surface area contributed by atoms with E-state index in [1.54, 1.807) is 12.1 Å². The molecule has 20 heavy (non-hydrogen) atoms. The number of anilines is 1. The number of hydrogen-bond donors (Lipinski definition) is 2. The van der Waals surface area contributed by atoms with Crippen LogP contribution in [0.5, 0.6) is 0 Å². The third-order valence-electron chi connectivity index (χ3n) is 3.68. The largest absolute Gasteiger partial charge is 0.393 e. The molecule has 0 aromatic heterocycles. The highest BCUT2D eigenvalue weighted by atomic mass is 16.6. The second-order valence-corrected chi connectivity index (χ2v) is 5.14. The lowest BCUT2D eigenvalue weighted by Crippen LogP contribution is -2.25. The molecule has 1 saturated carbocycles. The summed E-state index contributed by atoms with van der Waals surface area (Å²) in [6.45, 7) is 0.576. The van der Waals surface area contributed by atoms with E-state index in [4.69, 9.17) is 5.26 Å². The van der Waals surface area contributed by atoms with Crippen molar-refractivity contribution in [3.8, 4) is 6.07 Å². The van der Waals surface area contributed by atoms with Crippen LogP contribution in [-0.4, -0.2) is 22.7 Å². The highest BCUT2D eigenvalue weighted by molar-refractivity contribution is 5.68. The average molecular weight is 275 g/mol. The van der Waals surface area contributed by atoms with Crippen LogP contribution in [0.1, 0.15) is 31.2 Å². The molecule has 106 valence electrons. The summed E-state index contributed by atoms with van der Waals surface area (Å²) in [5.74, 6) is 0.309. The monoisotopic (exact) mass is 275 g/mol. The summed E-state index contributed by atoms with van der Waals surface area (Å²) >= 11 is 0. The Morgan fingerprint density at radius 1 is 1.50 bits per heavy atom. The van der Waals surface area contributed by atoms with Gasteiger partial charge in [-0.3, -0.25) is 10.1 Å². The molecule has 0 saturated heterocycles. The normalized spacial score (nSPS) is 22.0. The van der Waals surface area contributed by atoms with Gasteiger partial charge < -0.3 is 10.4 Å². The molecule has 2 unspecified atom stereocenters. The Kier molecular flexibility index (Phi) is 4.53. The first kappa shape index (κ1) is 14.3. The van der Waals surface area contributed by atoms with Gasteiger partial charge in [0, 0.05) is 6.54 Å². The van der Waals surface area contributed by atoms with Gasteiger partial charge in [0.25, 0.3) is 0 Å². The molecule has 1 aromatic rings. The summed E-state index contributed by atoms with van der Waals surface area (Å²) in [4.78, 5) is 10.5. The van der Waals surface area contributed by atoms with Crippen LogP contribution in [0.4, 0.5) is 11.4 Å². The third-order valence-corrected chi connectivity index (χ3v) is 3.68. The Hall–Kier alpha value is -2.13. The van der Waals surface area contributed by atoms with Crippen LogP contribution in [-0.2, 0) is 0 Å². The standard InChI is InChI=1S/C14H17N3O3/c15-8-11-4-2-6-13(14(11)17(19)20)16-9-10-3-1-5-12(18)7-10/h2,4,6,10,12,16,18H,1,3,5,7,9H2. The predicted molar refractivity (Wildman–Crippen MR) is 74.3 cm³/mol. The van der Waals surface area contributed by atoms with Crippen LogP contribution in [0.3, 0.4) is 0 Å². The van der Waals surface area contributed by atoms with E-state index in [-0.39, 0.29) is 17.4 Å². The van der Waals surface area contributed by atoms with Gasteiger partial charge in [0.15, 0.2) is 0 Å². The van der Waals surface area contributed by atoms with Crippen molar-refractivity contribution < 1.29 is 10.0 Å². The molecular weight excluding hydrogens is 258 g/mol. The first-order chi connectivity index (χ1) is 9.61. The van der Waals surface area contributed by atoms with Gasteiger partial charge in [0.2, 0.25) is 0 Å². The quantitative estimate of drug-likeness (QED) is 0.649. The van der Waals surface area contributed by atoms with Crippen molar-refractivity contribution in [2.75, 3.05) is 11.9 Å². The smallest absolute Gasteiger partial charge is 0.309 e. The second kappa shape index (κ2) is 6.35. The highest BCUT2D eigenvalue weighted by Crippen LogP contribution is 2.30. The van der Waals surface area contributed by atoms with Gasteiger partial charge >= 0.3 is 5.69 Å². The fourth-order valence-electron chi connectivity index (χ4n) is 2.68. The van der Waals surface area contributed by atoms with E-state index in [0.717, 1.165) is 25.7 Å². The molecule has 0 amide bonds. The Bertz CT molecular complexity index is 539. The molecule has 1 aliphatic carbocycles. The molecule has 0 heterocycles. The van der Waals surface area contributed by atoms with Gasteiger partial charge in [-0.25, -0.2) is 0 Å². The fraction of sp³-hybridized carbons (Fsp3) is 0.500. The number of para-hydroxylation sites is 1. The lowest BCUT2D eigenvalue weighted by Gasteiger charge is -2.26.